The van der Waals surface area contributed by atoms with E-state index in [1.165, 1.54) is 0 Å². The van der Waals surface area contributed by atoms with Crippen molar-refractivity contribution in [1.29, 1.82) is 0 Å². The van der Waals surface area contributed by atoms with E-state index in [4.69, 9.17) is 10.2 Å². The highest BCUT2D eigenvalue weighted by atomic mass is 16.4. The number of carbonyl (C=O) groups excluding carboxylic acids is 2. The van der Waals surface area contributed by atoms with Crippen molar-refractivity contribution < 1.29 is 19.1 Å². The largest absolute Gasteiger partial charge is 0.504 e. The minimum absolute atomic E-state index is 0.0153. The number of benzene rings is 2. The van der Waals surface area contributed by atoms with Crippen LogP contribution in [0.4, 0.5) is 5.95 Å². The molecule has 2 aromatic carbocycles. The van der Waals surface area contributed by atoms with Gasteiger partial charge in [0.15, 0.2) is 17.1 Å². The molecule has 9 heteroatoms. The number of nitrogens with zero attached hydrogens (tertiary/aromatic N) is 4. The highest BCUT2D eigenvalue weighted by molar-refractivity contribution is 6.05. The molecule has 0 aliphatic carbocycles. The molecule has 0 saturated carbocycles. The van der Waals surface area contributed by atoms with Gasteiger partial charge in [0, 0.05) is 50.6 Å². The molecule has 1 fully saturated rings. The first-order chi connectivity index (χ1) is 16.5. The highest BCUT2D eigenvalue weighted by Gasteiger charge is 2.24. The van der Waals surface area contributed by atoms with Crippen LogP contribution in [0.3, 0.4) is 0 Å². The summed E-state index contributed by atoms with van der Waals surface area (Å²) in [5, 5.41) is 11.0. The number of furan rings is 1. The average molecular weight is 457 g/mol. The van der Waals surface area contributed by atoms with Crippen LogP contribution in [0.5, 0.6) is 5.75 Å². The number of aromatic hydroxyl groups is 1. The molecule has 9 nitrogen and oxygen atoms in total. The molecule has 0 atom stereocenters. The van der Waals surface area contributed by atoms with E-state index >= 15 is 0 Å². The number of carbonyl (C=O) groups is 2. The first-order valence-corrected chi connectivity index (χ1v) is 10.9. The summed E-state index contributed by atoms with van der Waals surface area (Å²) in [6, 6.07) is 13.9. The van der Waals surface area contributed by atoms with Crippen LogP contribution in [0, 0.1) is 0 Å². The third-order valence-electron chi connectivity index (χ3n) is 5.99. The smallest absolute Gasteiger partial charge is 0.253 e. The Morgan fingerprint density at radius 2 is 1.68 bits per heavy atom. The summed E-state index contributed by atoms with van der Waals surface area (Å²) in [4.78, 5) is 37.0. The quantitative estimate of drug-likeness (QED) is 0.472. The minimum atomic E-state index is -0.620. The van der Waals surface area contributed by atoms with Crippen LogP contribution in [0.1, 0.15) is 32.0 Å². The van der Waals surface area contributed by atoms with Gasteiger partial charge in [-0.3, -0.25) is 9.59 Å². The van der Waals surface area contributed by atoms with Crippen molar-refractivity contribution in [1.82, 2.24) is 14.9 Å². The van der Waals surface area contributed by atoms with Crippen LogP contribution in [-0.4, -0.2) is 58.0 Å². The van der Waals surface area contributed by atoms with Crippen LogP contribution in [0.15, 0.2) is 65.3 Å². The fraction of sp³-hybridized carbons (Fsp3) is 0.200. The van der Waals surface area contributed by atoms with Crippen LogP contribution in [0.2, 0.25) is 0 Å². The molecule has 0 spiro atoms. The lowest BCUT2D eigenvalue weighted by molar-refractivity contribution is 0.0746. The molecule has 172 valence electrons. The number of anilines is 1. The van der Waals surface area contributed by atoms with E-state index in [9.17, 15) is 14.7 Å². The molecule has 1 aliphatic rings. The van der Waals surface area contributed by atoms with Gasteiger partial charge in [0.05, 0.1) is 10.9 Å². The van der Waals surface area contributed by atoms with E-state index in [0.717, 1.165) is 5.56 Å². The minimum Gasteiger partial charge on any atom is -0.504 e. The highest BCUT2D eigenvalue weighted by Crippen LogP contribution is 2.35. The molecular weight excluding hydrogens is 434 g/mol. The first kappa shape index (κ1) is 21.4. The molecule has 5 rings (SSSR count). The van der Waals surface area contributed by atoms with E-state index < -0.39 is 5.91 Å². The van der Waals surface area contributed by atoms with Crippen LogP contribution in [-0.2, 0) is 6.42 Å². The number of hydrogen-bond donors (Lipinski definition) is 2. The van der Waals surface area contributed by atoms with Gasteiger partial charge < -0.3 is 25.1 Å². The number of amides is 2. The monoisotopic (exact) mass is 457 g/mol. The fourth-order valence-corrected chi connectivity index (χ4v) is 4.17. The van der Waals surface area contributed by atoms with Gasteiger partial charge in [0.25, 0.3) is 11.8 Å². The normalized spacial score (nSPS) is 13.9. The Balaban J connectivity index is 1.26. The van der Waals surface area contributed by atoms with Crippen molar-refractivity contribution in [3.63, 3.8) is 0 Å². The number of piperazine rings is 1. The van der Waals surface area contributed by atoms with Gasteiger partial charge in [-0.15, -0.1) is 0 Å². The number of rotatable bonds is 5. The Kier molecular flexibility index (Phi) is 5.59. The number of fused-ring (bicyclic) bond motifs is 1. The van der Waals surface area contributed by atoms with Crippen LogP contribution in [0.25, 0.3) is 11.0 Å². The van der Waals surface area contributed by atoms with Crippen LogP contribution < -0.4 is 10.6 Å². The molecule has 2 amide bonds. The second-order valence-electron chi connectivity index (χ2n) is 8.12. The predicted molar refractivity (Wildman–Crippen MR) is 126 cm³/mol. The molecule has 1 saturated heterocycles. The number of primary amides is 1. The topological polar surface area (TPSA) is 126 Å². The van der Waals surface area contributed by atoms with E-state index in [0.29, 0.717) is 55.3 Å². The van der Waals surface area contributed by atoms with Crippen LogP contribution >= 0.6 is 0 Å². The van der Waals surface area contributed by atoms with Gasteiger partial charge in [-0.2, -0.15) is 0 Å². The number of aromatic nitrogens is 2. The summed E-state index contributed by atoms with van der Waals surface area (Å²) in [5.74, 6) is 0.347. The molecule has 1 aliphatic heterocycles. The lowest BCUT2D eigenvalue weighted by atomic mass is 10.1. The lowest BCUT2D eigenvalue weighted by Crippen LogP contribution is -2.49. The SMILES string of the molecule is NC(=O)c1cccc2c(O)c(Cc3ccc(C(=O)N4CCN(c5ncccn5)CC4)cc3)oc12. The van der Waals surface area contributed by atoms with E-state index in [1.54, 1.807) is 48.8 Å². The van der Waals surface area contributed by atoms with Crippen molar-refractivity contribution in [2.24, 2.45) is 5.73 Å². The van der Waals surface area contributed by atoms with E-state index in [1.807, 2.05) is 17.0 Å². The van der Waals surface area contributed by atoms with E-state index in [2.05, 4.69) is 14.9 Å². The number of hydrogen-bond acceptors (Lipinski definition) is 7. The van der Waals surface area contributed by atoms with Gasteiger partial charge in [0.1, 0.15) is 0 Å². The third kappa shape index (κ3) is 4.03. The molecular formula is C25H23N5O4. The lowest BCUT2D eigenvalue weighted by Gasteiger charge is -2.34. The number of nitrogens with two attached hydrogens (primary N) is 1. The molecule has 3 heterocycles. The van der Waals surface area contributed by atoms with Crippen molar-refractivity contribution in [3.8, 4) is 5.75 Å². The predicted octanol–water partition coefficient (Wildman–Crippen LogP) is 2.58. The van der Waals surface area contributed by atoms with Gasteiger partial charge in [0.2, 0.25) is 5.95 Å². The molecule has 0 bridgehead atoms. The van der Waals surface area contributed by atoms with Gasteiger partial charge in [-0.1, -0.05) is 18.2 Å². The Morgan fingerprint density at radius 1 is 0.971 bits per heavy atom. The zero-order valence-electron chi connectivity index (χ0n) is 18.3. The molecule has 3 N–H and O–H groups in total. The average Bonchev–Trinajstić information content (AvgIpc) is 3.19. The molecule has 34 heavy (non-hydrogen) atoms. The van der Waals surface area contributed by atoms with Crippen molar-refractivity contribution in [2.75, 3.05) is 31.1 Å². The molecule has 0 radical (unpaired) electrons. The second-order valence-corrected chi connectivity index (χ2v) is 8.12. The maximum absolute atomic E-state index is 13.0. The molecule has 2 aromatic heterocycles. The maximum Gasteiger partial charge on any atom is 0.253 e. The van der Waals surface area contributed by atoms with Gasteiger partial charge >= 0.3 is 0 Å². The summed E-state index contributed by atoms with van der Waals surface area (Å²) < 4.78 is 5.77. The Hall–Kier alpha value is -4.40. The summed E-state index contributed by atoms with van der Waals surface area (Å²) in [7, 11) is 0. The third-order valence-corrected chi connectivity index (χ3v) is 5.99. The summed E-state index contributed by atoms with van der Waals surface area (Å²) in [6.45, 7) is 2.53. The Bertz CT molecular complexity index is 1340. The maximum atomic E-state index is 13.0. The van der Waals surface area contributed by atoms with Gasteiger partial charge in [-0.25, -0.2) is 9.97 Å². The Labute approximate surface area is 195 Å². The molecule has 4 aromatic rings. The molecule has 0 unspecified atom stereocenters. The second kappa shape index (κ2) is 8.86. The number of para-hydroxylation sites is 1. The fourth-order valence-electron chi connectivity index (χ4n) is 4.17. The Morgan fingerprint density at radius 3 is 2.35 bits per heavy atom. The van der Waals surface area contributed by atoms with Crippen molar-refractivity contribution in [2.45, 2.75) is 6.42 Å². The van der Waals surface area contributed by atoms with E-state index in [-0.39, 0.29) is 22.8 Å². The summed E-state index contributed by atoms with van der Waals surface area (Å²) in [6.07, 6.45) is 3.73. The first-order valence-electron chi connectivity index (χ1n) is 10.9. The zero-order chi connectivity index (χ0) is 23.7. The zero-order valence-corrected chi connectivity index (χ0v) is 18.3. The van der Waals surface area contributed by atoms with Gasteiger partial charge in [-0.05, 0) is 35.9 Å². The van der Waals surface area contributed by atoms with Crippen molar-refractivity contribution >= 4 is 28.7 Å². The summed E-state index contributed by atoms with van der Waals surface area (Å²) in [5.41, 5.74) is 7.36. The standard InChI is InChI=1S/C25H23N5O4/c26-23(32)19-4-1-3-18-21(31)20(34-22(18)19)15-16-5-7-17(8-6-16)24(33)29-11-13-30(14-12-29)25-27-9-2-10-28-25/h1-10,31H,11-15H2,(H2,26,32). The van der Waals surface area contributed by atoms with Crippen molar-refractivity contribution in [3.05, 3.63) is 83.4 Å². The summed E-state index contributed by atoms with van der Waals surface area (Å²) >= 11 is 0.